The van der Waals surface area contributed by atoms with Gasteiger partial charge in [-0.3, -0.25) is 4.79 Å². The first-order valence-electron chi connectivity index (χ1n) is 5.62. The van der Waals surface area contributed by atoms with Crippen molar-refractivity contribution < 1.29 is 9.53 Å². The third kappa shape index (κ3) is 3.72. The van der Waals surface area contributed by atoms with Gasteiger partial charge in [0, 0.05) is 11.4 Å². The average Bonchev–Trinajstić information content (AvgIpc) is 2.32. The standard InChI is InChI=1S/C13H18ClNO2/c1-9-7-13(17-3)10(8-11(9)14)12(16)5-4-6-15-2/h7-8,15H,4-6H2,1-3H3. The van der Waals surface area contributed by atoms with Crippen LogP contribution in [0, 0.1) is 6.92 Å². The van der Waals surface area contributed by atoms with E-state index in [4.69, 9.17) is 16.3 Å². The number of carbonyl (C=O) groups is 1. The molecular weight excluding hydrogens is 238 g/mol. The molecule has 0 aliphatic carbocycles. The highest BCUT2D eigenvalue weighted by atomic mass is 35.5. The molecule has 0 radical (unpaired) electrons. The van der Waals surface area contributed by atoms with Gasteiger partial charge in [0.2, 0.25) is 0 Å². The predicted octanol–water partition coefficient (Wildman–Crippen LogP) is 2.84. The number of carbonyl (C=O) groups excluding carboxylic acids is 1. The number of hydrogen-bond acceptors (Lipinski definition) is 3. The molecule has 4 heteroatoms. The minimum absolute atomic E-state index is 0.0685. The molecule has 0 aromatic heterocycles. The van der Waals surface area contributed by atoms with Crippen molar-refractivity contribution in [2.75, 3.05) is 20.7 Å². The van der Waals surface area contributed by atoms with Gasteiger partial charge in [-0.15, -0.1) is 0 Å². The summed E-state index contributed by atoms with van der Waals surface area (Å²) in [5.74, 6) is 0.667. The molecule has 0 fully saturated rings. The van der Waals surface area contributed by atoms with Gasteiger partial charge in [-0.05, 0) is 44.6 Å². The van der Waals surface area contributed by atoms with Crippen LogP contribution in [0.5, 0.6) is 5.75 Å². The molecule has 0 amide bonds. The molecule has 0 aliphatic rings. The number of rotatable bonds is 6. The smallest absolute Gasteiger partial charge is 0.166 e. The largest absolute Gasteiger partial charge is 0.496 e. The van der Waals surface area contributed by atoms with Crippen molar-refractivity contribution >= 4 is 17.4 Å². The third-order valence-electron chi connectivity index (χ3n) is 2.61. The Morgan fingerprint density at radius 1 is 1.47 bits per heavy atom. The number of aryl methyl sites for hydroxylation is 1. The molecule has 0 heterocycles. The first-order chi connectivity index (χ1) is 8.10. The molecule has 0 atom stereocenters. The summed E-state index contributed by atoms with van der Waals surface area (Å²) < 4.78 is 5.21. The van der Waals surface area contributed by atoms with Gasteiger partial charge in [0.15, 0.2) is 5.78 Å². The maximum Gasteiger partial charge on any atom is 0.166 e. The lowest BCUT2D eigenvalue weighted by Gasteiger charge is -2.10. The molecule has 94 valence electrons. The van der Waals surface area contributed by atoms with E-state index in [1.54, 1.807) is 19.2 Å². The van der Waals surface area contributed by atoms with Crippen molar-refractivity contribution in [3.63, 3.8) is 0 Å². The van der Waals surface area contributed by atoms with Gasteiger partial charge >= 0.3 is 0 Å². The molecule has 1 N–H and O–H groups in total. The minimum atomic E-state index is 0.0685. The SMILES string of the molecule is CNCCCC(=O)c1cc(Cl)c(C)cc1OC. The quantitative estimate of drug-likeness (QED) is 0.628. The van der Waals surface area contributed by atoms with E-state index in [9.17, 15) is 4.79 Å². The molecule has 0 spiro atoms. The number of benzene rings is 1. The zero-order valence-electron chi connectivity index (χ0n) is 10.5. The molecule has 0 saturated heterocycles. The molecule has 1 rings (SSSR count). The van der Waals surface area contributed by atoms with E-state index >= 15 is 0 Å². The van der Waals surface area contributed by atoms with Crippen LogP contribution in [0.1, 0.15) is 28.8 Å². The number of halogens is 1. The highest BCUT2D eigenvalue weighted by molar-refractivity contribution is 6.31. The van der Waals surface area contributed by atoms with Crippen LogP contribution in [-0.2, 0) is 0 Å². The Bertz CT molecular complexity index is 405. The van der Waals surface area contributed by atoms with Crippen LogP contribution in [0.15, 0.2) is 12.1 Å². The van der Waals surface area contributed by atoms with E-state index in [0.29, 0.717) is 22.8 Å². The van der Waals surface area contributed by atoms with Gasteiger partial charge in [-0.1, -0.05) is 11.6 Å². The summed E-state index contributed by atoms with van der Waals surface area (Å²) in [5, 5.41) is 3.61. The minimum Gasteiger partial charge on any atom is -0.496 e. The van der Waals surface area contributed by atoms with Crippen molar-refractivity contribution in [3.05, 3.63) is 28.3 Å². The van der Waals surface area contributed by atoms with E-state index < -0.39 is 0 Å². The topological polar surface area (TPSA) is 38.3 Å². The second-order valence-electron chi connectivity index (χ2n) is 3.93. The number of hydrogen-bond donors (Lipinski definition) is 1. The number of nitrogens with one attached hydrogen (secondary N) is 1. The Morgan fingerprint density at radius 2 is 2.18 bits per heavy atom. The van der Waals surface area contributed by atoms with Crippen LogP contribution in [0.2, 0.25) is 5.02 Å². The molecule has 17 heavy (non-hydrogen) atoms. The summed E-state index contributed by atoms with van der Waals surface area (Å²) in [4.78, 5) is 12.0. The van der Waals surface area contributed by atoms with E-state index in [2.05, 4.69) is 5.32 Å². The lowest BCUT2D eigenvalue weighted by molar-refractivity contribution is 0.0977. The molecule has 1 aromatic carbocycles. The third-order valence-corrected chi connectivity index (χ3v) is 3.02. The molecule has 0 aliphatic heterocycles. The van der Waals surface area contributed by atoms with Crippen LogP contribution in [0.25, 0.3) is 0 Å². The fourth-order valence-electron chi connectivity index (χ4n) is 1.60. The Morgan fingerprint density at radius 3 is 2.76 bits per heavy atom. The maximum atomic E-state index is 12.0. The highest BCUT2D eigenvalue weighted by Gasteiger charge is 2.14. The van der Waals surface area contributed by atoms with Gasteiger partial charge < -0.3 is 10.1 Å². The number of ether oxygens (including phenoxy) is 1. The molecular formula is C13H18ClNO2. The molecule has 0 unspecified atom stereocenters. The summed E-state index contributed by atoms with van der Waals surface area (Å²) in [7, 11) is 3.43. The van der Waals surface area contributed by atoms with Gasteiger partial charge in [0.25, 0.3) is 0 Å². The van der Waals surface area contributed by atoms with Crippen molar-refractivity contribution in [2.45, 2.75) is 19.8 Å². The second-order valence-corrected chi connectivity index (χ2v) is 4.34. The summed E-state index contributed by atoms with van der Waals surface area (Å²) in [5.41, 5.74) is 1.48. The van der Waals surface area contributed by atoms with Crippen molar-refractivity contribution in [3.8, 4) is 5.75 Å². The number of Topliss-reactive ketones (excluding diaryl/α,β-unsaturated/α-hetero) is 1. The van der Waals surface area contributed by atoms with Crippen LogP contribution in [-0.4, -0.2) is 26.5 Å². The summed E-state index contributed by atoms with van der Waals surface area (Å²) in [6.07, 6.45) is 1.31. The molecule has 1 aromatic rings. The highest BCUT2D eigenvalue weighted by Crippen LogP contribution is 2.27. The first kappa shape index (κ1) is 14.0. The fraction of sp³-hybridized carbons (Fsp3) is 0.462. The second kappa shape index (κ2) is 6.62. The van der Waals surface area contributed by atoms with Crippen molar-refractivity contribution in [2.24, 2.45) is 0 Å². The lowest BCUT2D eigenvalue weighted by atomic mass is 10.0. The first-order valence-corrected chi connectivity index (χ1v) is 6.00. The summed E-state index contributed by atoms with van der Waals surface area (Å²) >= 11 is 6.03. The molecule has 0 saturated carbocycles. The number of methoxy groups -OCH3 is 1. The van der Waals surface area contributed by atoms with Crippen LogP contribution < -0.4 is 10.1 Å². The van der Waals surface area contributed by atoms with Gasteiger partial charge in [-0.2, -0.15) is 0 Å². The van der Waals surface area contributed by atoms with Gasteiger partial charge in [0.05, 0.1) is 12.7 Å². The summed E-state index contributed by atoms with van der Waals surface area (Å²) in [6, 6.07) is 3.49. The van der Waals surface area contributed by atoms with Gasteiger partial charge in [0.1, 0.15) is 5.75 Å². The van der Waals surface area contributed by atoms with Crippen molar-refractivity contribution in [1.82, 2.24) is 5.32 Å². The molecule has 3 nitrogen and oxygen atoms in total. The summed E-state index contributed by atoms with van der Waals surface area (Å²) in [6.45, 7) is 2.72. The maximum absolute atomic E-state index is 12.0. The van der Waals surface area contributed by atoms with E-state index in [1.165, 1.54) is 0 Å². The Balaban J connectivity index is 2.88. The average molecular weight is 256 g/mol. The van der Waals surface area contributed by atoms with E-state index in [-0.39, 0.29) is 5.78 Å². The fourth-order valence-corrected chi connectivity index (χ4v) is 1.77. The Labute approximate surface area is 107 Å². The van der Waals surface area contributed by atoms with E-state index in [0.717, 1.165) is 18.5 Å². The number of ketones is 1. The Hall–Kier alpha value is -1.06. The monoisotopic (exact) mass is 255 g/mol. The Kier molecular flexibility index (Phi) is 5.45. The van der Waals surface area contributed by atoms with Crippen LogP contribution >= 0.6 is 11.6 Å². The van der Waals surface area contributed by atoms with E-state index in [1.807, 2.05) is 14.0 Å². The lowest BCUT2D eigenvalue weighted by Crippen LogP contribution is -2.10. The zero-order valence-corrected chi connectivity index (χ0v) is 11.2. The molecule has 0 bridgehead atoms. The van der Waals surface area contributed by atoms with Gasteiger partial charge in [-0.25, -0.2) is 0 Å². The normalized spacial score (nSPS) is 10.4. The van der Waals surface area contributed by atoms with Crippen LogP contribution in [0.4, 0.5) is 0 Å². The van der Waals surface area contributed by atoms with Crippen LogP contribution in [0.3, 0.4) is 0 Å². The predicted molar refractivity (Wildman–Crippen MR) is 70.2 cm³/mol. The van der Waals surface area contributed by atoms with Crippen molar-refractivity contribution in [1.29, 1.82) is 0 Å². The zero-order chi connectivity index (χ0) is 12.8.